The van der Waals surface area contributed by atoms with Crippen LogP contribution in [0.3, 0.4) is 0 Å². The average molecular weight is 198 g/mol. The Kier molecular flexibility index (Phi) is 2.26. The molecule has 0 amide bonds. The van der Waals surface area contributed by atoms with Crippen LogP contribution in [0.25, 0.3) is 0 Å². The molecular formula is C8H10N2O2S. The third kappa shape index (κ3) is 1.70. The molecular weight excluding hydrogens is 188 g/mol. The Labute approximate surface area is 79.9 Å². The SMILES string of the molecule is O=C(O)Cc1ccnn1C1CSC1. The van der Waals surface area contributed by atoms with Crippen molar-refractivity contribution in [3.05, 3.63) is 18.0 Å². The topological polar surface area (TPSA) is 55.1 Å². The van der Waals surface area contributed by atoms with Crippen LogP contribution in [0.1, 0.15) is 11.7 Å². The molecule has 0 atom stereocenters. The Hall–Kier alpha value is -0.970. The largest absolute Gasteiger partial charge is 0.481 e. The third-order valence-electron chi connectivity index (χ3n) is 2.05. The molecule has 1 aliphatic rings. The molecule has 2 heterocycles. The van der Waals surface area contributed by atoms with E-state index in [-0.39, 0.29) is 6.42 Å². The van der Waals surface area contributed by atoms with Crippen molar-refractivity contribution in [3.8, 4) is 0 Å². The van der Waals surface area contributed by atoms with Gasteiger partial charge in [0.05, 0.1) is 12.5 Å². The van der Waals surface area contributed by atoms with Gasteiger partial charge in [-0.2, -0.15) is 16.9 Å². The minimum absolute atomic E-state index is 0.0706. The number of aromatic nitrogens is 2. The maximum Gasteiger partial charge on any atom is 0.309 e. The van der Waals surface area contributed by atoms with E-state index in [1.165, 1.54) is 0 Å². The normalized spacial score (nSPS) is 16.9. The van der Waals surface area contributed by atoms with Crippen molar-refractivity contribution in [2.24, 2.45) is 0 Å². The molecule has 0 spiro atoms. The maximum absolute atomic E-state index is 10.5. The molecule has 1 saturated heterocycles. The van der Waals surface area contributed by atoms with Crippen LogP contribution in [0, 0.1) is 0 Å². The lowest BCUT2D eigenvalue weighted by molar-refractivity contribution is -0.136. The molecule has 1 fully saturated rings. The molecule has 0 aromatic carbocycles. The van der Waals surface area contributed by atoms with Crippen molar-refractivity contribution >= 4 is 17.7 Å². The average Bonchev–Trinajstić information content (AvgIpc) is 2.32. The van der Waals surface area contributed by atoms with E-state index in [9.17, 15) is 4.79 Å². The fourth-order valence-corrected chi connectivity index (χ4v) is 2.06. The van der Waals surface area contributed by atoms with Crippen molar-refractivity contribution in [2.75, 3.05) is 11.5 Å². The number of thioether (sulfide) groups is 1. The van der Waals surface area contributed by atoms with E-state index in [0.29, 0.717) is 6.04 Å². The Morgan fingerprint density at radius 3 is 3.08 bits per heavy atom. The lowest BCUT2D eigenvalue weighted by atomic mass is 10.3. The summed E-state index contributed by atoms with van der Waals surface area (Å²) in [5, 5.41) is 12.8. The van der Waals surface area contributed by atoms with Gasteiger partial charge in [0, 0.05) is 23.4 Å². The Bertz CT molecular complexity index is 320. The van der Waals surface area contributed by atoms with Gasteiger partial charge in [0.1, 0.15) is 0 Å². The fourth-order valence-electron chi connectivity index (χ4n) is 1.33. The van der Waals surface area contributed by atoms with E-state index in [1.807, 2.05) is 16.4 Å². The van der Waals surface area contributed by atoms with Crippen molar-refractivity contribution < 1.29 is 9.90 Å². The summed E-state index contributed by atoms with van der Waals surface area (Å²) >= 11 is 1.86. The van der Waals surface area contributed by atoms with Crippen LogP contribution in [0.2, 0.25) is 0 Å². The number of hydrogen-bond acceptors (Lipinski definition) is 3. The van der Waals surface area contributed by atoms with Crippen LogP contribution in [-0.4, -0.2) is 32.4 Å². The first-order valence-corrected chi connectivity index (χ1v) is 5.25. The molecule has 13 heavy (non-hydrogen) atoms. The van der Waals surface area contributed by atoms with Crippen molar-refractivity contribution in [1.29, 1.82) is 0 Å². The zero-order valence-corrected chi connectivity index (χ0v) is 7.83. The zero-order valence-electron chi connectivity index (χ0n) is 7.01. The molecule has 5 heteroatoms. The van der Waals surface area contributed by atoms with Crippen LogP contribution in [0.15, 0.2) is 12.3 Å². The summed E-state index contributed by atoms with van der Waals surface area (Å²) in [5.41, 5.74) is 0.804. The standard InChI is InChI=1S/C8H10N2O2S/c11-8(12)3-6-1-2-9-10(6)7-4-13-5-7/h1-2,7H,3-5H2,(H,11,12). The number of aliphatic carboxylic acids is 1. The highest BCUT2D eigenvalue weighted by Crippen LogP contribution is 2.29. The summed E-state index contributed by atoms with van der Waals surface area (Å²) in [5.74, 6) is 1.30. The highest BCUT2D eigenvalue weighted by Gasteiger charge is 2.23. The molecule has 4 nitrogen and oxygen atoms in total. The van der Waals surface area contributed by atoms with Gasteiger partial charge in [-0.3, -0.25) is 9.48 Å². The minimum atomic E-state index is -0.797. The van der Waals surface area contributed by atoms with E-state index in [2.05, 4.69) is 5.10 Å². The van der Waals surface area contributed by atoms with E-state index in [0.717, 1.165) is 17.2 Å². The maximum atomic E-state index is 10.5. The summed E-state index contributed by atoms with van der Waals surface area (Å²) in [7, 11) is 0. The summed E-state index contributed by atoms with van der Waals surface area (Å²) < 4.78 is 1.84. The van der Waals surface area contributed by atoms with Crippen molar-refractivity contribution in [3.63, 3.8) is 0 Å². The highest BCUT2D eigenvalue weighted by molar-refractivity contribution is 8.00. The van der Waals surface area contributed by atoms with E-state index in [1.54, 1.807) is 12.3 Å². The molecule has 1 N–H and O–H groups in total. The first-order chi connectivity index (χ1) is 6.27. The molecule has 1 aromatic rings. The Morgan fingerprint density at radius 2 is 2.54 bits per heavy atom. The number of carboxylic acids is 1. The number of carboxylic acid groups (broad SMARTS) is 1. The van der Waals surface area contributed by atoms with Crippen LogP contribution in [-0.2, 0) is 11.2 Å². The van der Waals surface area contributed by atoms with Gasteiger partial charge in [-0.15, -0.1) is 0 Å². The molecule has 2 rings (SSSR count). The van der Waals surface area contributed by atoms with Crippen LogP contribution < -0.4 is 0 Å². The molecule has 0 radical (unpaired) electrons. The van der Waals surface area contributed by atoms with E-state index in [4.69, 9.17) is 5.11 Å². The summed E-state index contributed by atoms with van der Waals surface area (Å²) in [6.07, 6.45) is 1.74. The Morgan fingerprint density at radius 1 is 1.77 bits per heavy atom. The smallest absolute Gasteiger partial charge is 0.309 e. The second-order valence-electron chi connectivity index (χ2n) is 3.03. The molecule has 70 valence electrons. The van der Waals surface area contributed by atoms with Gasteiger partial charge in [-0.1, -0.05) is 0 Å². The highest BCUT2D eigenvalue weighted by atomic mass is 32.2. The van der Waals surface area contributed by atoms with Crippen LogP contribution >= 0.6 is 11.8 Å². The first-order valence-electron chi connectivity index (χ1n) is 4.09. The molecule has 1 aliphatic heterocycles. The number of hydrogen-bond donors (Lipinski definition) is 1. The first kappa shape index (κ1) is 8.62. The molecule has 0 saturated carbocycles. The van der Waals surface area contributed by atoms with E-state index < -0.39 is 5.97 Å². The minimum Gasteiger partial charge on any atom is -0.481 e. The lowest BCUT2D eigenvalue weighted by Gasteiger charge is -2.26. The van der Waals surface area contributed by atoms with Crippen molar-refractivity contribution in [2.45, 2.75) is 12.5 Å². The number of rotatable bonds is 3. The summed E-state index contributed by atoms with van der Waals surface area (Å²) in [4.78, 5) is 10.5. The van der Waals surface area contributed by atoms with Gasteiger partial charge in [-0.25, -0.2) is 0 Å². The predicted octanol–water partition coefficient (Wildman–Crippen LogP) is 0.798. The van der Waals surface area contributed by atoms with Gasteiger partial charge < -0.3 is 5.11 Å². The molecule has 1 aromatic heterocycles. The van der Waals surface area contributed by atoms with Gasteiger partial charge in [0.15, 0.2) is 0 Å². The number of carbonyl (C=O) groups is 1. The Balaban J connectivity index is 2.14. The lowest BCUT2D eigenvalue weighted by Crippen LogP contribution is -2.26. The molecule has 0 aliphatic carbocycles. The zero-order chi connectivity index (χ0) is 9.26. The second-order valence-corrected chi connectivity index (χ2v) is 4.10. The molecule has 0 unspecified atom stereocenters. The predicted molar refractivity (Wildman–Crippen MR) is 49.9 cm³/mol. The van der Waals surface area contributed by atoms with Gasteiger partial charge >= 0.3 is 5.97 Å². The second kappa shape index (κ2) is 3.41. The fraction of sp³-hybridized carbons (Fsp3) is 0.500. The van der Waals surface area contributed by atoms with Gasteiger partial charge in [0.25, 0.3) is 0 Å². The van der Waals surface area contributed by atoms with Crippen LogP contribution in [0.4, 0.5) is 0 Å². The summed E-state index contributed by atoms with van der Waals surface area (Å²) in [6, 6.07) is 2.19. The quantitative estimate of drug-likeness (QED) is 0.780. The molecule has 0 bridgehead atoms. The van der Waals surface area contributed by atoms with Crippen molar-refractivity contribution in [1.82, 2.24) is 9.78 Å². The van der Waals surface area contributed by atoms with Gasteiger partial charge in [-0.05, 0) is 6.07 Å². The van der Waals surface area contributed by atoms with Crippen LogP contribution in [0.5, 0.6) is 0 Å². The van der Waals surface area contributed by atoms with E-state index >= 15 is 0 Å². The third-order valence-corrected chi connectivity index (χ3v) is 3.29. The monoisotopic (exact) mass is 198 g/mol. The summed E-state index contributed by atoms with van der Waals surface area (Å²) in [6.45, 7) is 0. The number of nitrogens with zero attached hydrogens (tertiary/aromatic N) is 2. The van der Waals surface area contributed by atoms with Gasteiger partial charge in [0.2, 0.25) is 0 Å².